The Hall–Kier alpha value is -1.14. The second-order valence-electron chi connectivity index (χ2n) is 4.63. The molecule has 1 atom stereocenters. The Morgan fingerprint density at radius 1 is 1.06 bits per heavy atom. The van der Waals surface area contributed by atoms with Gasteiger partial charge in [0.1, 0.15) is 0 Å². The predicted octanol–water partition coefficient (Wildman–Crippen LogP) is 0.853. The molecule has 0 amide bonds. The Balaban J connectivity index is 0.000000232. The zero-order valence-corrected chi connectivity index (χ0v) is 10.4. The number of carboxylic acid groups (broad SMARTS) is 2. The lowest BCUT2D eigenvalue weighted by Crippen LogP contribution is -2.33. The van der Waals surface area contributed by atoms with Gasteiger partial charge in [-0.3, -0.25) is 0 Å². The molecule has 1 aliphatic carbocycles. The first-order valence-electron chi connectivity index (χ1n) is 6.41. The van der Waals surface area contributed by atoms with Crippen molar-refractivity contribution in [2.45, 2.75) is 50.7 Å². The van der Waals surface area contributed by atoms with Crippen LogP contribution in [0.2, 0.25) is 0 Å². The summed E-state index contributed by atoms with van der Waals surface area (Å²) < 4.78 is 5.55. The minimum absolute atomic E-state index is 0.519. The van der Waals surface area contributed by atoms with E-state index >= 15 is 0 Å². The van der Waals surface area contributed by atoms with E-state index in [1.165, 1.54) is 38.5 Å². The lowest BCUT2D eigenvalue weighted by molar-refractivity contribution is -0.159. The molecule has 1 aliphatic heterocycles. The van der Waals surface area contributed by atoms with Crippen LogP contribution in [0.1, 0.15) is 38.5 Å². The third-order valence-corrected chi connectivity index (χ3v) is 3.20. The second kappa shape index (κ2) is 8.05. The fourth-order valence-electron chi connectivity index (χ4n) is 2.23. The van der Waals surface area contributed by atoms with Crippen LogP contribution in [0, 0.1) is 0 Å². The first-order valence-corrected chi connectivity index (χ1v) is 6.41. The summed E-state index contributed by atoms with van der Waals surface area (Å²) in [7, 11) is 0. The largest absolute Gasteiger partial charge is 0.473 e. The third kappa shape index (κ3) is 5.97. The molecule has 6 heteroatoms. The first kappa shape index (κ1) is 14.9. The smallest absolute Gasteiger partial charge is 0.414 e. The third-order valence-electron chi connectivity index (χ3n) is 3.20. The standard InChI is InChI=1S/C10H19NO.C2H2O4/c1-2-5-9(4-1)11-8-10-6-3-7-12-10;3-1(4)2(5)6/h9-11H,1-8H2;(H,3,4)(H,5,6). The zero-order valence-electron chi connectivity index (χ0n) is 10.4. The van der Waals surface area contributed by atoms with Crippen LogP contribution in [0.5, 0.6) is 0 Å². The molecule has 6 nitrogen and oxygen atoms in total. The molecule has 0 spiro atoms. The number of hydrogen-bond donors (Lipinski definition) is 3. The van der Waals surface area contributed by atoms with Crippen molar-refractivity contribution in [2.24, 2.45) is 0 Å². The van der Waals surface area contributed by atoms with Crippen LogP contribution >= 0.6 is 0 Å². The minimum atomic E-state index is -1.82. The quantitative estimate of drug-likeness (QED) is 0.650. The normalized spacial score (nSPS) is 23.4. The number of nitrogens with one attached hydrogen (secondary N) is 1. The van der Waals surface area contributed by atoms with Crippen molar-refractivity contribution in [3.63, 3.8) is 0 Å². The average molecular weight is 259 g/mol. The molecule has 0 aromatic heterocycles. The molecule has 18 heavy (non-hydrogen) atoms. The topological polar surface area (TPSA) is 95.9 Å². The lowest BCUT2D eigenvalue weighted by Gasteiger charge is -2.15. The van der Waals surface area contributed by atoms with Crippen molar-refractivity contribution < 1.29 is 24.5 Å². The molecule has 0 aromatic carbocycles. The van der Waals surface area contributed by atoms with Gasteiger partial charge >= 0.3 is 11.9 Å². The summed E-state index contributed by atoms with van der Waals surface area (Å²) in [5, 5.41) is 18.4. The second-order valence-corrected chi connectivity index (χ2v) is 4.63. The highest BCUT2D eigenvalue weighted by atomic mass is 16.5. The highest BCUT2D eigenvalue weighted by molar-refractivity contribution is 6.27. The van der Waals surface area contributed by atoms with Gasteiger partial charge in [0.05, 0.1) is 6.10 Å². The molecule has 1 saturated heterocycles. The molecule has 1 unspecified atom stereocenters. The summed E-state index contributed by atoms with van der Waals surface area (Å²) >= 11 is 0. The van der Waals surface area contributed by atoms with E-state index in [2.05, 4.69) is 5.32 Å². The molecule has 0 aromatic rings. The monoisotopic (exact) mass is 259 g/mol. The van der Waals surface area contributed by atoms with Crippen LogP contribution in [0.25, 0.3) is 0 Å². The van der Waals surface area contributed by atoms with E-state index in [9.17, 15) is 0 Å². The fourth-order valence-corrected chi connectivity index (χ4v) is 2.23. The number of carbonyl (C=O) groups is 2. The van der Waals surface area contributed by atoms with E-state index in [1.54, 1.807) is 0 Å². The van der Waals surface area contributed by atoms with Gasteiger partial charge in [0.15, 0.2) is 0 Å². The van der Waals surface area contributed by atoms with E-state index in [0.29, 0.717) is 6.10 Å². The maximum Gasteiger partial charge on any atom is 0.414 e. The van der Waals surface area contributed by atoms with Crippen molar-refractivity contribution in [1.29, 1.82) is 0 Å². The molecule has 0 radical (unpaired) electrons. The predicted molar refractivity (Wildman–Crippen MR) is 64.5 cm³/mol. The summed E-state index contributed by atoms with van der Waals surface area (Å²) in [5.74, 6) is -3.65. The number of carboxylic acids is 2. The summed E-state index contributed by atoms with van der Waals surface area (Å²) in [6, 6.07) is 0.800. The molecular formula is C12H21NO5. The van der Waals surface area contributed by atoms with Gasteiger partial charge < -0.3 is 20.3 Å². The summed E-state index contributed by atoms with van der Waals surface area (Å²) in [6.07, 6.45) is 8.65. The first-order chi connectivity index (χ1) is 8.59. The van der Waals surface area contributed by atoms with Gasteiger partial charge in [-0.15, -0.1) is 0 Å². The number of ether oxygens (including phenoxy) is 1. The fraction of sp³-hybridized carbons (Fsp3) is 0.833. The Kier molecular flexibility index (Phi) is 6.67. The van der Waals surface area contributed by atoms with Crippen LogP contribution in [0.15, 0.2) is 0 Å². The van der Waals surface area contributed by atoms with Crippen LogP contribution < -0.4 is 5.32 Å². The van der Waals surface area contributed by atoms with E-state index in [1.807, 2.05) is 0 Å². The van der Waals surface area contributed by atoms with Crippen molar-refractivity contribution in [1.82, 2.24) is 5.32 Å². The molecule has 1 heterocycles. The van der Waals surface area contributed by atoms with Gasteiger partial charge in [-0.1, -0.05) is 12.8 Å². The van der Waals surface area contributed by atoms with E-state index in [-0.39, 0.29) is 0 Å². The van der Waals surface area contributed by atoms with E-state index in [4.69, 9.17) is 24.5 Å². The van der Waals surface area contributed by atoms with Gasteiger partial charge in [-0.2, -0.15) is 0 Å². The highest BCUT2D eigenvalue weighted by Crippen LogP contribution is 2.18. The van der Waals surface area contributed by atoms with Gasteiger partial charge in [-0.05, 0) is 25.7 Å². The van der Waals surface area contributed by atoms with Crippen molar-refractivity contribution in [3.8, 4) is 0 Å². The van der Waals surface area contributed by atoms with Crippen molar-refractivity contribution in [2.75, 3.05) is 13.2 Å². The van der Waals surface area contributed by atoms with Crippen molar-refractivity contribution in [3.05, 3.63) is 0 Å². The van der Waals surface area contributed by atoms with Crippen LogP contribution in [-0.2, 0) is 14.3 Å². The average Bonchev–Trinajstić information content (AvgIpc) is 3.00. The van der Waals surface area contributed by atoms with Crippen LogP contribution in [0.4, 0.5) is 0 Å². The van der Waals surface area contributed by atoms with Gasteiger partial charge in [0, 0.05) is 19.2 Å². The molecule has 1 saturated carbocycles. The number of hydrogen-bond acceptors (Lipinski definition) is 4. The number of rotatable bonds is 3. The van der Waals surface area contributed by atoms with Gasteiger partial charge in [-0.25, -0.2) is 9.59 Å². The minimum Gasteiger partial charge on any atom is -0.473 e. The van der Waals surface area contributed by atoms with E-state index < -0.39 is 11.9 Å². The Labute approximate surface area is 106 Å². The summed E-state index contributed by atoms with van der Waals surface area (Å²) in [5.41, 5.74) is 0. The van der Waals surface area contributed by atoms with Gasteiger partial charge in [0.25, 0.3) is 0 Å². The van der Waals surface area contributed by atoms with E-state index in [0.717, 1.165) is 19.2 Å². The van der Waals surface area contributed by atoms with Crippen LogP contribution in [0.3, 0.4) is 0 Å². The lowest BCUT2D eigenvalue weighted by atomic mass is 10.2. The molecule has 2 rings (SSSR count). The SMILES string of the molecule is C1CCC(NCC2CCCO2)C1.O=C(O)C(=O)O. The van der Waals surface area contributed by atoms with Crippen LogP contribution in [-0.4, -0.2) is 47.4 Å². The molecule has 3 N–H and O–H groups in total. The van der Waals surface area contributed by atoms with Gasteiger partial charge in [0.2, 0.25) is 0 Å². The number of aliphatic carboxylic acids is 2. The molecule has 0 bridgehead atoms. The maximum atomic E-state index is 9.10. The zero-order chi connectivity index (χ0) is 13.4. The Bertz CT molecular complexity index is 242. The Morgan fingerprint density at radius 3 is 2.11 bits per heavy atom. The van der Waals surface area contributed by atoms with Crippen molar-refractivity contribution >= 4 is 11.9 Å². The summed E-state index contributed by atoms with van der Waals surface area (Å²) in [6.45, 7) is 2.07. The maximum absolute atomic E-state index is 9.10. The molecular weight excluding hydrogens is 238 g/mol. The summed E-state index contributed by atoms with van der Waals surface area (Å²) in [4.78, 5) is 18.2. The molecule has 2 fully saturated rings. The highest BCUT2D eigenvalue weighted by Gasteiger charge is 2.19. The Morgan fingerprint density at radius 2 is 1.67 bits per heavy atom. The molecule has 2 aliphatic rings. The molecule has 104 valence electrons.